The second-order valence-corrected chi connectivity index (χ2v) is 5.18. The Morgan fingerprint density at radius 3 is 2.60 bits per heavy atom. The topological polar surface area (TPSA) is 35.2 Å². The fourth-order valence-corrected chi connectivity index (χ4v) is 2.43. The molecule has 0 saturated heterocycles. The minimum Gasteiger partial charge on any atom is -0.494 e. The summed E-state index contributed by atoms with van der Waals surface area (Å²) in [6.07, 6.45) is 1.78. The van der Waals surface area contributed by atoms with Crippen LogP contribution in [0.5, 0.6) is 5.75 Å². The second-order valence-electron chi connectivity index (χ2n) is 5.18. The first kappa shape index (κ1) is 14.6. The van der Waals surface area contributed by atoms with Crippen molar-refractivity contribution in [2.45, 2.75) is 32.7 Å². The van der Waals surface area contributed by atoms with E-state index in [2.05, 4.69) is 43.3 Å². The molecule has 0 aliphatic rings. The largest absolute Gasteiger partial charge is 0.494 e. The molecule has 2 heteroatoms. The van der Waals surface area contributed by atoms with Crippen LogP contribution in [0.2, 0.25) is 0 Å². The fraction of sp³-hybridized carbons (Fsp3) is 0.333. The normalized spacial score (nSPS) is 12.2. The number of hydrogen-bond acceptors (Lipinski definition) is 2. The van der Waals surface area contributed by atoms with E-state index in [9.17, 15) is 0 Å². The first-order chi connectivity index (χ1) is 9.69. The zero-order valence-corrected chi connectivity index (χ0v) is 12.3. The van der Waals surface area contributed by atoms with Crippen molar-refractivity contribution in [3.8, 4) is 5.75 Å². The van der Waals surface area contributed by atoms with Crippen molar-refractivity contribution in [1.29, 1.82) is 0 Å². The van der Waals surface area contributed by atoms with Gasteiger partial charge >= 0.3 is 0 Å². The van der Waals surface area contributed by atoms with Gasteiger partial charge in [0, 0.05) is 6.04 Å². The standard InChI is InChI=1S/C18H23NO/c1-3-20-18-10-6-8-15(12-18)11-17(19)13-16-9-5-4-7-14(16)2/h4-10,12,17H,3,11,13,19H2,1-2H3. The molecule has 1 atom stereocenters. The summed E-state index contributed by atoms with van der Waals surface area (Å²) < 4.78 is 5.52. The van der Waals surface area contributed by atoms with Gasteiger partial charge in [-0.3, -0.25) is 0 Å². The molecule has 0 amide bonds. The number of ether oxygens (including phenoxy) is 1. The van der Waals surface area contributed by atoms with E-state index in [0.717, 1.165) is 18.6 Å². The number of nitrogens with two attached hydrogens (primary N) is 1. The summed E-state index contributed by atoms with van der Waals surface area (Å²) in [5.41, 5.74) is 10.2. The second kappa shape index (κ2) is 7.11. The van der Waals surface area contributed by atoms with E-state index in [1.54, 1.807) is 0 Å². The van der Waals surface area contributed by atoms with Gasteiger partial charge in [-0.15, -0.1) is 0 Å². The summed E-state index contributed by atoms with van der Waals surface area (Å²) in [6.45, 7) is 4.83. The van der Waals surface area contributed by atoms with Crippen LogP contribution in [0.4, 0.5) is 0 Å². The Labute approximate surface area is 121 Å². The first-order valence-electron chi connectivity index (χ1n) is 7.21. The highest BCUT2D eigenvalue weighted by Gasteiger charge is 2.08. The van der Waals surface area contributed by atoms with Gasteiger partial charge in [0.15, 0.2) is 0 Å². The maximum Gasteiger partial charge on any atom is 0.119 e. The molecule has 0 saturated carbocycles. The third-order valence-electron chi connectivity index (χ3n) is 3.45. The van der Waals surface area contributed by atoms with E-state index >= 15 is 0 Å². The zero-order valence-electron chi connectivity index (χ0n) is 12.3. The van der Waals surface area contributed by atoms with E-state index in [1.807, 2.05) is 19.1 Å². The predicted octanol–water partition coefficient (Wildman–Crippen LogP) is 3.51. The van der Waals surface area contributed by atoms with Crippen LogP contribution in [0.15, 0.2) is 48.5 Å². The molecule has 0 aliphatic carbocycles. The van der Waals surface area contributed by atoms with E-state index in [0.29, 0.717) is 6.61 Å². The maximum absolute atomic E-state index is 6.29. The molecule has 1 unspecified atom stereocenters. The van der Waals surface area contributed by atoms with Gasteiger partial charge in [-0.05, 0) is 55.5 Å². The van der Waals surface area contributed by atoms with E-state index in [1.165, 1.54) is 16.7 Å². The number of benzene rings is 2. The van der Waals surface area contributed by atoms with Crippen LogP contribution in [-0.4, -0.2) is 12.6 Å². The summed E-state index contributed by atoms with van der Waals surface area (Å²) in [6, 6.07) is 16.8. The van der Waals surface area contributed by atoms with Crippen LogP contribution in [0.3, 0.4) is 0 Å². The van der Waals surface area contributed by atoms with Crippen LogP contribution in [0, 0.1) is 6.92 Å². The molecule has 2 N–H and O–H groups in total. The molecule has 0 radical (unpaired) electrons. The molecule has 20 heavy (non-hydrogen) atoms. The minimum absolute atomic E-state index is 0.132. The van der Waals surface area contributed by atoms with Gasteiger partial charge in [0.1, 0.15) is 5.75 Å². The Bertz CT molecular complexity index is 551. The van der Waals surface area contributed by atoms with Crippen molar-refractivity contribution in [3.05, 3.63) is 65.2 Å². The molecule has 2 rings (SSSR count). The van der Waals surface area contributed by atoms with Crippen LogP contribution >= 0.6 is 0 Å². The van der Waals surface area contributed by atoms with Gasteiger partial charge in [0.05, 0.1) is 6.61 Å². The van der Waals surface area contributed by atoms with Crippen molar-refractivity contribution >= 4 is 0 Å². The highest BCUT2D eigenvalue weighted by atomic mass is 16.5. The van der Waals surface area contributed by atoms with Crippen molar-refractivity contribution in [2.24, 2.45) is 5.73 Å². The average molecular weight is 269 g/mol. The highest BCUT2D eigenvalue weighted by Crippen LogP contribution is 2.16. The summed E-state index contributed by atoms with van der Waals surface area (Å²) >= 11 is 0. The molecule has 0 fully saturated rings. The minimum atomic E-state index is 0.132. The lowest BCUT2D eigenvalue weighted by Gasteiger charge is -2.14. The van der Waals surface area contributed by atoms with Crippen LogP contribution < -0.4 is 10.5 Å². The van der Waals surface area contributed by atoms with Gasteiger partial charge in [-0.25, -0.2) is 0 Å². The van der Waals surface area contributed by atoms with E-state index in [-0.39, 0.29) is 6.04 Å². The van der Waals surface area contributed by atoms with E-state index < -0.39 is 0 Å². The predicted molar refractivity (Wildman–Crippen MR) is 84.2 cm³/mol. The third kappa shape index (κ3) is 4.10. The third-order valence-corrected chi connectivity index (χ3v) is 3.45. The Kier molecular flexibility index (Phi) is 5.19. The van der Waals surface area contributed by atoms with Gasteiger partial charge in [0.2, 0.25) is 0 Å². The summed E-state index contributed by atoms with van der Waals surface area (Å²) in [4.78, 5) is 0. The Balaban J connectivity index is 1.99. The Morgan fingerprint density at radius 2 is 1.85 bits per heavy atom. The smallest absolute Gasteiger partial charge is 0.119 e. The number of aryl methyl sites for hydroxylation is 1. The molecule has 0 spiro atoms. The van der Waals surface area contributed by atoms with E-state index in [4.69, 9.17) is 10.5 Å². The van der Waals surface area contributed by atoms with Gasteiger partial charge in [0.25, 0.3) is 0 Å². The fourth-order valence-electron chi connectivity index (χ4n) is 2.43. The van der Waals surface area contributed by atoms with Crippen LogP contribution in [-0.2, 0) is 12.8 Å². The Morgan fingerprint density at radius 1 is 1.05 bits per heavy atom. The zero-order chi connectivity index (χ0) is 14.4. The molecule has 2 aromatic rings. The lowest BCUT2D eigenvalue weighted by Crippen LogP contribution is -2.25. The maximum atomic E-state index is 6.29. The molecule has 0 aromatic heterocycles. The lowest BCUT2D eigenvalue weighted by molar-refractivity contribution is 0.340. The molecule has 2 nitrogen and oxygen atoms in total. The van der Waals surface area contributed by atoms with Gasteiger partial charge in [-0.1, -0.05) is 36.4 Å². The summed E-state index contributed by atoms with van der Waals surface area (Å²) in [5, 5.41) is 0. The summed E-state index contributed by atoms with van der Waals surface area (Å²) in [7, 11) is 0. The average Bonchev–Trinajstić information content (AvgIpc) is 2.42. The highest BCUT2D eigenvalue weighted by molar-refractivity contribution is 5.30. The molecular weight excluding hydrogens is 246 g/mol. The molecule has 0 heterocycles. The first-order valence-corrected chi connectivity index (χ1v) is 7.21. The van der Waals surface area contributed by atoms with Crippen molar-refractivity contribution in [2.75, 3.05) is 6.61 Å². The SMILES string of the molecule is CCOc1cccc(CC(N)Cc2ccccc2C)c1. The monoisotopic (exact) mass is 269 g/mol. The Hall–Kier alpha value is -1.80. The van der Waals surface area contributed by atoms with Crippen LogP contribution in [0.1, 0.15) is 23.6 Å². The van der Waals surface area contributed by atoms with Crippen molar-refractivity contribution in [1.82, 2.24) is 0 Å². The lowest BCUT2D eigenvalue weighted by atomic mass is 9.97. The summed E-state index contributed by atoms with van der Waals surface area (Å²) in [5.74, 6) is 0.924. The quantitative estimate of drug-likeness (QED) is 0.871. The molecule has 2 aromatic carbocycles. The number of rotatable bonds is 6. The molecule has 0 bridgehead atoms. The van der Waals surface area contributed by atoms with Gasteiger partial charge < -0.3 is 10.5 Å². The number of hydrogen-bond donors (Lipinski definition) is 1. The van der Waals surface area contributed by atoms with Crippen LogP contribution in [0.25, 0.3) is 0 Å². The molecule has 0 aliphatic heterocycles. The molecule has 106 valence electrons. The molecular formula is C18H23NO. The van der Waals surface area contributed by atoms with Crippen molar-refractivity contribution < 1.29 is 4.74 Å². The van der Waals surface area contributed by atoms with Gasteiger partial charge in [-0.2, -0.15) is 0 Å². The van der Waals surface area contributed by atoms with Crippen molar-refractivity contribution in [3.63, 3.8) is 0 Å².